The van der Waals surface area contributed by atoms with E-state index in [2.05, 4.69) is 36.1 Å². The Bertz CT molecular complexity index is 458. The summed E-state index contributed by atoms with van der Waals surface area (Å²) in [6.07, 6.45) is 6.08. The van der Waals surface area contributed by atoms with Gasteiger partial charge in [0.25, 0.3) is 0 Å². The summed E-state index contributed by atoms with van der Waals surface area (Å²) in [5, 5.41) is 0. The molecule has 0 aromatic heterocycles. The van der Waals surface area contributed by atoms with Gasteiger partial charge < -0.3 is 9.64 Å². The van der Waals surface area contributed by atoms with Crippen molar-refractivity contribution in [1.29, 1.82) is 0 Å². The molecular formula is C16H21NO. The third kappa shape index (κ3) is 1.45. The normalized spacial score (nSPS) is 37.3. The number of para-hydroxylation sites is 1. The molecule has 3 heterocycles. The van der Waals surface area contributed by atoms with Crippen LogP contribution < -0.4 is 4.90 Å². The first-order chi connectivity index (χ1) is 8.86. The molecule has 1 aromatic rings. The van der Waals surface area contributed by atoms with Crippen LogP contribution in [0.3, 0.4) is 0 Å². The highest BCUT2D eigenvalue weighted by atomic mass is 16.5. The van der Waals surface area contributed by atoms with E-state index in [-0.39, 0.29) is 0 Å². The number of ether oxygens (including phenoxy) is 1. The first-order valence-corrected chi connectivity index (χ1v) is 7.37. The lowest BCUT2D eigenvalue weighted by atomic mass is 9.79. The van der Waals surface area contributed by atoms with Crippen LogP contribution in [0.2, 0.25) is 0 Å². The molecular weight excluding hydrogens is 222 g/mol. The maximum Gasteiger partial charge on any atom is 0.0630 e. The van der Waals surface area contributed by atoms with E-state index < -0.39 is 0 Å². The zero-order valence-corrected chi connectivity index (χ0v) is 11.0. The molecule has 0 saturated carbocycles. The molecule has 0 unspecified atom stereocenters. The minimum absolute atomic E-state index is 0.524. The Morgan fingerprint density at radius 1 is 1.28 bits per heavy atom. The summed E-state index contributed by atoms with van der Waals surface area (Å²) in [7, 11) is 0. The van der Waals surface area contributed by atoms with Gasteiger partial charge in [-0.1, -0.05) is 18.2 Å². The number of hydrogen-bond donors (Lipinski definition) is 0. The van der Waals surface area contributed by atoms with Gasteiger partial charge in [-0.15, -0.1) is 0 Å². The predicted molar refractivity (Wildman–Crippen MR) is 73.0 cm³/mol. The molecule has 96 valence electrons. The fourth-order valence-corrected chi connectivity index (χ4v) is 4.34. The Morgan fingerprint density at radius 2 is 2.17 bits per heavy atom. The van der Waals surface area contributed by atoms with Crippen LogP contribution in [0.15, 0.2) is 24.3 Å². The monoisotopic (exact) mass is 243 g/mol. The van der Waals surface area contributed by atoms with Crippen molar-refractivity contribution in [2.75, 3.05) is 11.4 Å². The second-order valence-electron chi connectivity index (χ2n) is 5.96. The van der Waals surface area contributed by atoms with E-state index in [9.17, 15) is 0 Å². The second kappa shape index (κ2) is 3.99. The van der Waals surface area contributed by atoms with Crippen molar-refractivity contribution in [3.05, 3.63) is 29.8 Å². The molecule has 18 heavy (non-hydrogen) atoms. The second-order valence-corrected chi connectivity index (χ2v) is 5.96. The molecule has 4 rings (SSSR count). The van der Waals surface area contributed by atoms with E-state index in [0.717, 1.165) is 18.5 Å². The molecule has 2 nitrogen and oxygen atoms in total. The van der Waals surface area contributed by atoms with Crippen LogP contribution in [-0.4, -0.2) is 24.8 Å². The van der Waals surface area contributed by atoms with Crippen LogP contribution in [0.1, 0.15) is 31.7 Å². The standard InChI is InChI=1S/C16H21NO/c1-2-17-14-6-4-3-5-11(14)9-13-15(17)10-12-7-8-16(13)18-12/h3-6,12-13,15-16H,2,7-10H2,1H3/t12-,13+,15-,16+/m1/s1. The number of rotatable bonds is 1. The van der Waals surface area contributed by atoms with E-state index in [1.165, 1.54) is 36.9 Å². The molecule has 2 saturated heterocycles. The molecule has 1 aromatic carbocycles. The van der Waals surface area contributed by atoms with Crippen molar-refractivity contribution in [3.63, 3.8) is 0 Å². The smallest absolute Gasteiger partial charge is 0.0630 e. The fourth-order valence-electron chi connectivity index (χ4n) is 4.34. The van der Waals surface area contributed by atoms with Crippen LogP contribution in [0.4, 0.5) is 5.69 Å². The fraction of sp³-hybridized carbons (Fsp3) is 0.625. The average Bonchev–Trinajstić information content (AvgIpc) is 2.80. The summed E-state index contributed by atoms with van der Waals surface area (Å²) < 4.78 is 6.15. The van der Waals surface area contributed by atoms with Crippen LogP contribution in [0.25, 0.3) is 0 Å². The number of fused-ring (bicyclic) bond motifs is 5. The Kier molecular flexibility index (Phi) is 2.41. The Morgan fingerprint density at radius 3 is 3.06 bits per heavy atom. The molecule has 0 N–H and O–H groups in total. The van der Waals surface area contributed by atoms with Crippen LogP contribution in [0.5, 0.6) is 0 Å². The summed E-state index contributed by atoms with van der Waals surface area (Å²) in [5.41, 5.74) is 3.00. The Balaban J connectivity index is 1.76. The van der Waals surface area contributed by atoms with Crippen LogP contribution in [0, 0.1) is 5.92 Å². The third-order valence-electron chi connectivity index (χ3n) is 5.11. The highest BCUT2D eigenvalue weighted by Gasteiger charge is 2.47. The molecule has 3 aliphatic rings. The van der Waals surface area contributed by atoms with Gasteiger partial charge in [-0.05, 0) is 44.2 Å². The van der Waals surface area contributed by atoms with Crippen molar-refractivity contribution < 1.29 is 4.74 Å². The lowest BCUT2D eigenvalue weighted by molar-refractivity contribution is -0.0450. The summed E-state index contributed by atoms with van der Waals surface area (Å²) in [6, 6.07) is 9.67. The molecule has 2 bridgehead atoms. The van der Waals surface area contributed by atoms with E-state index in [0.29, 0.717) is 12.2 Å². The predicted octanol–water partition coefficient (Wildman–Crippen LogP) is 3.01. The molecule has 0 amide bonds. The highest BCUT2D eigenvalue weighted by molar-refractivity contribution is 5.57. The summed E-state index contributed by atoms with van der Waals surface area (Å²) in [6.45, 7) is 3.41. The van der Waals surface area contributed by atoms with Gasteiger partial charge in [0, 0.05) is 24.2 Å². The Labute approximate surface area is 109 Å². The van der Waals surface area contributed by atoms with Gasteiger partial charge in [-0.3, -0.25) is 0 Å². The van der Waals surface area contributed by atoms with E-state index >= 15 is 0 Å². The quantitative estimate of drug-likeness (QED) is 0.752. The third-order valence-corrected chi connectivity index (χ3v) is 5.11. The highest BCUT2D eigenvalue weighted by Crippen LogP contribution is 2.45. The van der Waals surface area contributed by atoms with Gasteiger partial charge >= 0.3 is 0 Å². The van der Waals surface area contributed by atoms with E-state index in [1.807, 2.05) is 0 Å². The molecule has 0 radical (unpaired) electrons. The molecule has 3 aliphatic heterocycles. The van der Waals surface area contributed by atoms with Crippen LogP contribution in [-0.2, 0) is 11.2 Å². The summed E-state index contributed by atoms with van der Waals surface area (Å²) >= 11 is 0. The van der Waals surface area contributed by atoms with Crippen molar-refractivity contribution >= 4 is 5.69 Å². The molecule has 2 heteroatoms. The van der Waals surface area contributed by atoms with Crippen molar-refractivity contribution in [2.24, 2.45) is 5.92 Å². The minimum Gasteiger partial charge on any atom is -0.375 e. The largest absolute Gasteiger partial charge is 0.375 e. The van der Waals surface area contributed by atoms with Gasteiger partial charge in [0.15, 0.2) is 0 Å². The molecule has 0 spiro atoms. The van der Waals surface area contributed by atoms with E-state index in [4.69, 9.17) is 4.74 Å². The van der Waals surface area contributed by atoms with Gasteiger partial charge in [0.05, 0.1) is 12.2 Å². The molecule has 2 fully saturated rings. The summed E-state index contributed by atoms with van der Waals surface area (Å²) in [5.74, 6) is 0.721. The topological polar surface area (TPSA) is 12.5 Å². The SMILES string of the molecule is CCN1c2ccccc2C[C@@H]2[C@@H]3CC[C@H](C[C@H]21)O3. The maximum atomic E-state index is 6.15. The van der Waals surface area contributed by atoms with Gasteiger partial charge in [0.1, 0.15) is 0 Å². The number of hydrogen-bond acceptors (Lipinski definition) is 2. The molecule has 4 atom stereocenters. The van der Waals surface area contributed by atoms with Crippen molar-refractivity contribution in [1.82, 2.24) is 0 Å². The zero-order chi connectivity index (χ0) is 12.1. The number of anilines is 1. The zero-order valence-electron chi connectivity index (χ0n) is 11.0. The lowest BCUT2D eigenvalue weighted by Crippen LogP contribution is -2.53. The first kappa shape index (κ1) is 10.9. The Hall–Kier alpha value is -1.02. The van der Waals surface area contributed by atoms with Crippen LogP contribution >= 0.6 is 0 Å². The molecule has 0 aliphatic carbocycles. The summed E-state index contributed by atoms with van der Waals surface area (Å²) in [4.78, 5) is 2.64. The first-order valence-electron chi connectivity index (χ1n) is 7.37. The lowest BCUT2D eigenvalue weighted by Gasteiger charge is -2.48. The maximum absolute atomic E-state index is 6.15. The van der Waals surface area contributed by atoms with Gasteiger partial charge in [-0.25, -0.2) is 0 Å². The van der Waals surface area contributed by atoms with Crippen molar-refractivity contribution in [2.45, 2.75) is 50.9 Å². The number of nitrogens with zero attached hydrogens (tertiary/aromatic N) is 1. The van der Waals surface area contributed by atoms with Gasteiger partial charge in [0.2, 0.25) is 0 Å². The average molecular weight is 243 g/mol. The van der Waals surface area contributed by atoms with Crippen molar-refractivity contribution in [3.8, 4) is 0 Å². The number of benzene rings is 1. The van der Waals surface area contributed by atoms with E-state index in [1.54, 1.807) is 0 Å². The minimum atomic E-state index is 0.524. The van der Waals surface area contributed by atoms with Gasteiger partial charge in [-0.2, -0.15) is 0 Å².